The van der Waals surface area contributed by atoms with Crippen molar-refractivity contribution < 1.29 is 48.8 Å². The van der Waals surface area contributed by atoms with Crippen molar-refractivity contribution in [3.05, 3.63) is 54.2 Å². The summed E-state index contributed by atoms with van der Waals surface area (Å²) in [6.07, 6.45) is 1.88. The van der Waals surface area contributed by atoms with Crippen molar-refractivity contribution in [1.29, 1.82) is 0 Å². The molecule has 1 aliphatic heterocycles. The molecule has 0 radical (unpaired) electrons. The summed E-state index contributed by atoms with van der Waals surface area (Å²) in [4.78, 5) is 7.60. The lowest BCUT2D eigenvalue weighted by molar-refractivity contribution is -0.995. The number of benzene rings is 2. The lowest BCUT2D eigenvalue weighted by Gasteiger charge is -2.28. The predicted octanol–water partition coefficient (Wildman–Crippen LogP) is -5.12. The van der Waals surface area contributed by atoms with Gasteiger partial charge < -0.3 is 43.9 Å². The Bertz CT molecular complexity index is 981. The van der Waals surface area contributed by atoms with Gasteiger partial charge in [0, 0.05) is 23.2 Å². The van der Waals surface area contributed by atoms with Crippen LogP contribution in [0.25, 0.3) is 10.8 Å². The Kier molecular flexibility index (Phi) is 9.19. The number of pyridine rings is 1. The summed E-state index contributed by atoms with van der Waals surface area (Å²) in [5, 5.41) is 2.14. The maximum Gasteiger partial charge on any atom is 0.226 e. The normalized spacial score (nSPS) is 17.9. The number of quaternary nitrogens is 2. The average molecular weight is 466 g/mol. The van der Waals surface area contributed by atoms with E-state index in [2.05, 4.69) is 35.3 Å². The molecule has 4 rings (SSSR count). The van der Waals surface area contributed by atoms with E-state index in [4.69, 9.17) is 14.2 Å². The molecule has 2 N–H and O–H groups in total. The van der Waals surface area contributed by atoms with Crippen LogP contribution < -0.4 is 48.8 Å². The molecule has 2 heterocycles. The third kappa shape index (κ3) is 5.33. The van der Waals surface area contributed by atoms with Gasteiger partial charge in [0.05, 0.1) is 21.3 Å². The second kappa shape index (κ2) is 11.4. The highest BCUT2D eigenvalue weighted by Gasteiger charge is 2.25. The van der Waals surface area contributed by atoms with Gasteiger partial charge in [-0.25, -0.2) is 4.98 Å². The van der Waals surface area contributed by atoms with Gasteiger partial charge in [-0.05, 0) is 23.6 Å². The summed E-state index contributed by atoms with van der Waals surface area (Å²) in [7, 11) is 4.95. The zero-order valence-electron chi connectivity index (χ0n) is 18.1. The topological polar surface area (TPSA) is 49.5 Å². The number of nitrogens with zero attached hydrogens (tertiary/aromatic N) is 1. The fourth-order valence-corrected chi connectivity index (χ4v) is 4.24. The monoisotopic (exact) mass is 465 g/mol. The lowest BCUT2D eigenvalue weighted by Crippen LogP contribution is -3.25. The molecule has 2 aromatic carbocycles. The molecule has 1 fully saturated rings. The Labute approximate surface area is 195 Å². The minimum atomic E-state index is 0. The maximum atomic E-state index is 5.62. The number of halogens is 2. The third-order valence-electron chi connectivity index (χ3n) is 5.75. The van der Waals surface area contributed by atoms with Crippen LogP contribution in [0.4, 0.5) is 5.82 Å². The van der Waals surface area contributed by atoms with Crippen LogP contribution in [0.3, 0.4) is 0 Å². The number of hydrogen-bond donors (Lipinski definition) is 2. The summed E-state index contributed by atoms with van der Waals surface area (Å²) in [5.41, 5.74) is 1.32. The van der Waals surface area contributed by atoms with Crippen LogP contribution in [0.2, 0.25) is 0 Å². The van der Waals surface area contributed by atoms with E-state index in [9.17, 15) is 0 Å². The molecule has 0 unspecified atom stereocenters. The standard InChI is InChI=1S/C23H27N3O3.2ClH/c1-27-20-15-18-14-17(7-8-19(18)22(28-2)23(20)29-3)16-25-10-12-26(13-11-25)21-6-4-5-9-24-21;;/h4-9,14-15H,10-13,16H2,1-3H3;2*1H. The molecule has 1 aromatic heterocycles. The molecule has 0 saturated carbocycles. The molecule has 1 aliphatic rings. The number of piperazine rings is 1. The summed E-state index contributed by atoms with van der Waals surface area (Å²) in [5.74, 6) is 3.20. The van der Waals surface area contributed by atoms with Crippen LogP contribution in [0.15, 0.2) is 48.7 Å². The zero-order valence-corrected chi connectivity index (χ0v) is 19.6. The number of fused-ring (bicyclic) bond motifs is 1. The van der Waals surface area contributed by atoms with Crippen molar-refractivity contribution in [2.75, 3.05) is 47.5 Å². The van der Waals surface area contributed by atoms with Gasteiger partial charge in [0.25, 0.3) is 0 Å². The minimum Gasteiger partial charge on any atom is -1.00 e. The van der Waals surface area contributed by atoms with E-state index < -0.39 is 0 Å². The summed E-state index contributed by atoms with van der Waals surface area (Å²) in [6.45, 7) is 5.51. The summed E-state index contributed by atoms with van der Waals surface area (Å²) in [6, 6.07) is 14.8. The van der Waals surface area contributed by atoms with Gasteiger partial charge in [0.1, 0.15) is 32.7 Å². The predicted molar refractivity (Wildman–Crippen MR) is 113 cm³/mol. The molecule has 0 spiro atoms. The highest BCUT2D eigenvalue weighted by molar-refractivity contribution is 5.93. The second-order valence-electron chi connectivity index (χ2n) is 7.45. The van der Waals surface area contributed by atoms with E-state index in [1.165, 1.54) is 10.5 Å². The van der Waals surface area contributed by atoms with E-state index in [0.717, 1.165) is 49.3 Å². The third-order valence-corrected chi connectivity index (χ3v) is 5.75. The molecule has 0 aliphatic carbocycles. The molecule has 0 atom stereocenters. The van der Waals surface area contributed by atoms with Crippen LogP contribution in [0.5, 0.6) is 17.2 Å². The molecule has 0 amide bonds. The highest BCUT2D eigenvalue weighted by Crippen LogP contribution is 2.43. The summed E-state index contributed by atoms with van der Waals surface area (Å²) >= 11 is 0. The van der Waals surface area contributed by atoms with Gasteiger partial charge in [0.2, 0.25) is 11.6 Å². The molecule has 3 aromatic rings. The smallest absolute Gasteiger partial charge is 0.226 e. The Morgan fingerprint density at radius 2 is 1.58 bits per heavy atom. The van der Waals surface area contributed by atoms with E-state index in [0.29, 0.717) is 17.2 Å². The Morgan fingerprint density at radius 3 is 2.19 bits per heavy atom. The molecule has 1 saturated heterocycles. The average Bonchev–Trinajstić information content (AvgIpc) is 2.78. The zero-order chi connectivity index (χ0) is 20.2. The van der Waals surface area contributed by atoms with Crippen LogP contribution in [0, 0.1) is 0 Å². The van der Waals surface area contributed by atoms with Crippen molar-refractivity contribution in [3.63, 3.8) is 0 Å². The largest absolute Gasteiger partial charge is 1.00 e. The van der Waals surface area contributed by atoms with Crippen LogP contribution in [-0.2, 0) is 6.54 Å². The SMILES string of the molecule is COc1cc2cc(C[NH+]3CC[NH+](c4ccccn4)CC3)ccc2c(OC)c1OC.[Cl-].[Cl-]. The fourth-order valence-electron chi connectivity index (χ4n) is 4.24. The Hall–Kier alpha value is -2.25. The fraction of sp³-hybridized carbons (Fsp3) is 0.348. The first-order valence-corrected chi connectivity index (χ1v) is 10.0. The van der Waals surface area contributed by atoms with Gasteiger partial charge in [-0.2, -0.15) is 0 Å². The van der Waals surface area contributed by atoms with E-state index in [1.54, 1.807) is 26.2 Å². The maximum absolute atomic E-state index is 5.62. The van der Waals surface area contributed by atoms with Crippen LogP contribution >= 0.6 is 0 Å². The molecule has 8 heteroatoms. The first kappa shape index (κ1) is 25.0. The van der Waals surface area contributed by atoms with Crippen molar-refractivity contribution in [1.82, 2.24) is 4.98 Å². The molecule has 6 nitrogen and oxygen atoms in total. The van der Waals surface area contributed by atoms with Crippen molar-refractivity contribution in [2.24, 2.45) is 0 Å². The van der Waals surface area contributed by atoms with Gasteiger partial charge in [-0.1, -0.05) is 18.2 Å². The van der Waals surface area contributed by atoms with Gasteiger partial charge in [0.15, 0.2) is 11.5 Å². The van der Waals surface area contributed by atoms with Crippen molar-refractivity contribution in [2.45, 2.75) is 6.54 Å². The van der Waals surface area contributed by atoms with Gasteiger partial charge in [-0.3, -0.25) is 4.90 Å². The lowest BCUT2D eigenvalue weighted by atomic mass is 10.0. The van der Waals surface area contributed by atoms with Crippen LogP contribution in [-0.4, -0.2) is 52.5 Å². The van der Waals surface area contributed by atoms with Crippen LogP contribution in [0.1, 0.15) is 5.56 Å². The first-order valence-electron chi connectivity index (χ1n) is 10.0. The number of nitrogens with one attached hydrogen (secondary N) is 2. The number of methoxy groups -OCH3 is 3. The van der Waals surface area contributed by atoms with E-state index in [-0.39, 0.29) is 24.8 Å². The molecule has 0 bridgehead atoms. The molecule has 168 valence electrons. The number of hydrogen-bond acceptors (Lipinski definition) is 4. The number of ether oxygens (including phenoxy) is 3. The van der Waals surface area contributed by atoms with Gasteiger partial charge in [-0.15, -0.1) is 0 Å². The quantitative estimate of drug-likeness (QED) is 0.382. The molecule has 31 heavy (non-hydrogen) atoms. The van der Waals surface area contributed by atoms with E-state index in [1.807, 2.05) is 18.3 Å². The first-order chi connectivity index (χ1) is 14.2. The number of rotatable bonds is 6. The van der Waals surface area contributed by atoms with Gasteiger partial charge >= 0.3 is 0 Å². The Morgan fingerprint density at radius 1 is 0.839 bits per heavy atom. The molecular formula is C23H29Cl2N3O3. The Balaban J connectivity index is 0.00000171. The second-order valence-corrected chi connectivity index (χ2v) is 7.45. The van der Waals surface area contributed by atoms with E-state index >= 15 is 0 Å². The number of aromatic nitrogens is 1. The van der Waals surface area contributed by atoms with Crippen molar-refractivity contribution in [3.8, 4) is 17.2 Å². The van der Waals surface area contributed by atoms with Crippen molar-refractivity contribution >= 4 is 16.6 Å². The minimum absolute atomic E-state index is 0. The summed E-state index contributed by atoms with van der Waals surface area (Å²) < 4.78 is 16.6. The molecular weight excluding hydrogens is 437 g/mol. The highest BCUT2D eigenvalue weighted by atomic mass is 35.5.